The van der Waals surface area contributed by atoms with Crippen LogP contribution in [0.3, 0.4) is 0 Å². The molecule has 0 saturated carbocycles. The number of carbonyl (C=O) groups is 2. The van der Waals surface area contributed by atoms with Crippen molar-refractivity contribution in [2.75, 3.05) is 0 Å². The van der Waals surface area contributed by atoms with Gasteiger partial charge in [0.15, 0.2) is 0 Å². The summed E-state index contributed by atoms with van der Waals surface area (Å²) in [6.45, 7) is 0. The largest absolute Gasteiger partial charge is 0.507 e. The van der Waals surface area contributed by atoms with E-state index >= 15 is 0 Å². The Kier molecular flexibility index (Phi) is 7.61. The molecule has 0 radical (unpaired) electrons. The Morgan fingerprint density at radius 3 is 1.14 bits per heavy atom. The molecular weight excluding hydrogens is 316 g/mol. The number of carboxylic acids is 2. The smallest absolute Gasteiger partial charge is 0.339 e. The first-order valence-electron chi connectivity index (χ1n) is 5.46. The molecule has 0 bridgehead atoms. The van der Waals surface area contributed by atoms with Crippen molar-refractivity contribution in [3.8, 4) is 11.5 Å². The molecule has 0 amide bonds. The minimum absolute atomic E-state index is 0. The zero-order valence-electron chi connectivity index (χ0n) is 10.6. The normalized spacial score (nSPS) is 8.76. The first-order chi connectivity index (χ1) is 9.43. The van der Waals surface area contributed by atoms with E-state index in [2.05, 4.69) is 0 Å². The topological polar surface area (TPSA) is 115 Å². The molecule has 2 aromatic rings. The van der Waals surface area contributed by atoms with Gasteiger partial charge in [0.25, 0.3) is 0 Å². The number of para-hydroxylation sites is 2. The Morgan fingerprint density at radius 2 is 0.952 bits per heavy atom. The number of hydrogen-bond donors (Lipinski definition) is 4. The van der Waals surface area contributed by atoms with E-state index in [9.17, 15) is 9.59 Å². The van der Waals surface area contributed by atoms with E-state index < -0.39 is 11.9 Å². The fourth-order valence-electron chi connectivity index (χ4n) is 1.31. The Labute approximate surface area is 131 Å². The van der Waals surface area contributed by atoms with E-state index in [1.807, 2.05) is 0 Å². The van der Waals surface area contributed by atoms with Crippen LogP contribution in [-0.4, -0.2) is 32.4 Å². The van der Waals surface area contributed by atoms with Crippen molar-refractivity contribution in [1.29, 1.82) is 0 Å². The molecule has 2 rings (SSSR count). The van der Waals surface area contributed by atoms with Gasteiger partial charge in [-0.1, -0.05) is 24.3 Å². The van der Waals surface area contributed by atoms with Crippen molar-refractivity contribution in [3.63, 3.8) is 0 Å². The van der Waals surface area contributed by atoms with Crippen molar-refractivity contribution in [3.05, 3.63) is 59.7 Å². The van der Waals surface area contributed by atoms with Gasteiger partial charge in [0.1, 0.15) is 22.6 Å². The van der Waals surface area contributed by atoms with E-state index in [1.165, 1.54) is 24.3 Å². The first kappa shape index (κ1) is 18.5. The van der Waals surface area contributed by atoms with Crippen LogP contribution in [0.5, 0.6) is 11.5 Å². The minimum Gasteiger partial charge on any atom is -0.507 e. The van der Waals surface area contributed by atoms with Crippen molar-refractivity contribution in [2.45, 2.75) is 0 Å². The van der Waals surface area contributed by atoms with Gasteiger partial charge in [-0.05, 0) is 24.3 Å². The second-order valence-corrected chi connectivity index (χ2v) is 3.64. The van der Waals surface area contributed by atoms with Crippen molar-refractivity contribution >= 4 is 11.9 Å². The summed E-state index contributed by atoms with van der Waals surface area (Å²) in [6.07, 6.45) is 0. The number of phenols is 2. The number of aromatic hydroxyl groups is 2. The standard InChI is InChI=1S/2C7H6O3.Cr/c2*8-6-4-2-1-3-5(6)7(9)10;/h2*1-4,8H,(H,9,10);. The molecule has 0 saturated heterocycles. The number of carboxylic acid groups (broad SMARTS) is 2. The van der Waals surface area contributed by atoms with Crippen LogP contribution in [0.25, 0.3) is 0 Å². The molecule has 0 aliphatic rings. The molecule has 0 aliphatic heterocycles. The molecular formula is C14H12CrO6. The van der Waals surface area contributed by atoms with Crippen LogP contribution in [0.1, 0.15) is 20.7 Å². The van der Waals surface area contributed by atoms with Gasteiger partial charge in [-0.3, -0.25) is 0 Å². The minimum atomic E-state index is -1.11. The Morgan fingerprint density at radius 1 is 0.667 bits per heavy atom. The van der Waals surface area contributed by atoms with Gasteiger partial charge < -0.3 is 20.4 Å². The molecule has 0 aliphatic carbocycles. The third-order valence-corrected chi connectivity index (χ3v) is 2.27. The third kappa shape index (κ3) is 5.57. The summed E-state index contributed by atoms with van der Waals surface area (Å²) in [7, 11) is 0. The summed E-state index contributed by atoms with van der Waals surface area (Å²) in [6, 6.07) is 11.6. The molecule has 4 N–H and O–H groups in total. The maximum Gasteiger partial charge on any atom is 0.339 e. The van der Waals surface area contributed by atoms with Crippen molar-refractivity contribution in [1.82, 2.24) is 0 Å². The predicted octanol–water partition coefficient (Wildman–Crippen LogP) is 2.18. The van der Waals surface area contributed by atoms with Gasteiger partial charge in [-0.25, -0.2) is 9.59 Å². The van der Waals surface area contributed by atoms with Crippen LogP contribution in [-0.2, 0) is 17.4 Å². The average molecular weight is 328 g/mol. The monoisotopic (exact) mass is 328 g/mol. The zero-order valence-corrected chi connectivity index (χ0v) is 11.9. The molecule has 0 spiro atoms. The van der Waals surface area contributed by atoms with Crippen LogP contribution >= 0.6 is 0 Å². The van der Waals surface area contributed by atoms with E-state index in [-0.39, 0.29) is 40.0 Å². The average Bonchev–Trinajstić information content (AvgIpc) is 2.40. The SMILES string of the molecule is O=C(O)c1ccccc1O.O=C(O)c1ccccc1O.[Cr]. The van der Waals surface area contributed by atoms with Gasteiger partial charge in [-0.15, -0.1) is 0 Å². The fourth-order valence-corrected chi connectivity index (χ4v) is 1.31. The van der Waals surface area contributed by atoms with E-state index in [4.69, 9.17) is 20.4 Å². The second kappa shape index (κ2) is 8.64. The summed E-state index contributed by atoms with van der Waals surface area (Å²) in [5.74, 6) is -2.62. The van der Waals surface area contributed by atoms with Crippen molar-refractivity contribution in [2.24, 2.45) is 0 Å². The summed E-state index contributed by atoms with van der Waals surface area (Å²) in [5.41, 5.74) is -0.134. The van der Waals surface area contributed by atoms with Gasteiger partial charge in [0, 0.05) is 17.4 Å². The maximum atomic E-state index is 10.3. The second-order valence-electron chi connectivity index (χ2n) is 3.64. The molecule has 7 heteroatoms. The number of hydrogen-bond acceptors (Lipinski definition) is 4. The van der Waals surface area contributed by atoms with Gasteiger partial charge in [0.2, 0.25) is 0 Å². The third-order valence-electron chi connectivity index (χ3n) is 2.27. The van der Waals surface area contributed by atoms with Gasteiger partial charge in [-0.2, -0.15) is 0 Å². The van der Waals surface area contributed by atoms with Crippen LogP contribution < -0.4 is 0 Å². The van der Waals surface area contributed by atoms with Crippen LogP contribution in [0.2, 0.25) is 0 Å². The van der Waals surface area contributed by atoms with E-state index in [0.29, 0.717) is 0 Å². The molecule has 110 valence electrons. The molecule has 21 heavy (non-hydrogen) atoms. The summed E-state index contributed by atoms with van der Waals surface area (Å²) < 4.78 is 0. The van der Waals surface area contributed by atoms with Crippen LogP contribution in [0.4, 0.5) is 0 Å². The van der Waals surface area contributed by atoms with E-state index in [0.717, 1.165) is 0 Å². The number of aromatic carboxylic acids is 2. The maximum absolute atomic E-state index is 10.3. The fraction of sp³-hybridized carbons (Fsp3) is 0. The summed E-state index contributed by atoms with van der Waals surface area (Å²) in [5, 5.41) is 34.6. The predicted molar refractivity (Wildman–Crippen MR) is 70.1 cm³/mol. The Hall–Kier alpha value is -2.49. The van der Waals surface area contributed by atoms with Gasteiger partial charge in [0.05, 0.1) is 0 Å². The van der Waals surface area contributed by atoms with Crippen LogP contribution in [0.15, 0.2) is 48.5 Å². The zero-order chi connectivity index (χ0) is 15.1. The molecule has 0 atom stereocenters. The molecule has 0 heterocycles. The Balaban J connectivity index is 0.000000364. The summed E-state index contributed by atoms with van der Waals surface area (Å²) in [4.78, 5) is 20.5. The Bertz CT molecular complexity index is 571. The van der Waals surface area contributed by atoms with Crippen LogP contribution in [0, 0.1) is 0 Å². The number of benzene rings is 2. The molecule has 0 unspecified atom stereocenters. The molecule has 0 aromatic heterocycles. The van der Waals surface area contributed by atoms with Crippen molar-refractivity contribution < 1.29 is 47.4 Å². The molecule has 0 fully saturated rings. The molecule has 2 aromatic carbocycles. The molecule has 6 nitrogen and oxygen atoms in total. The quantitative estimate of drug-likeness (QED) is 0.672. The van der Waals surface area contributed by atoms with E-state index in [1.54, 1.807) is 24.3 Å². The first-order valence-corrected chi connectivity index (χ1v) is 5.46. The van der Waals surface area contributed by atoms with Gasteiger partial charge >= 0.3 is 11.9 Å². The number of rotatable bonds is 2. The summed E-state index contributed by atoms with van der Waals surface area (Å²) >= 11 is 0.